The number of nitrogens with zero attached hydrogens (tertiary/aromatic N) is 2. The van der Waals surface area contributed by atoms with Crippen LogP contribution in [0, 0.1) is 0 Å². The Morgan fingerprint density at radius 3 is 3.17 bits per heavy atom. The van der Waals surface area contributed by atoms with Crippen molar-refractivity contribution in [3.05, 3.63) is 36.3 Å². The Labute approximate surface area is 71.9 Å². The van der Waals surface area contributed by atoms with E-state index in [1.807, 2.05) is 16.8 Å². The van der Waals surface area contributed by atoms with E-state index in [4.69, 9.17) is 0 Å². The quantitative estimate of drug-likeness (QED) is 0.658. The molecule has 0 aliphatic rings. The van der Waals surface area contributed by atoms with Crippen LogP contribution in [0.25, 0.3) is 5.65 Å². The molecule has 2 aromatic heterocycles. The molecule has 0 saturated carbocycles. The number of aryl methyl sites for hydroxylation is 1. The number of aromatic nitrogens is 2. The van der Waals surface area contributed by atoms with Crippen LogP contribution in [-0.4, -0.2) is 9.38 Å². The van der Waals surface area contributed by atoms with Crippen LogP contribution >= 0.6 is 0 Å². The largest absolute Gasteiger partial charge is 0.307 e. The maximum absolute atomic E-state index is 4.22. The zero-order chi connectivity index (χ0) is 8.39. The van der Waals surface area contributed by atoms with E-state index in [1.165, 1.54) is 12.0 Å². The van der Waals surface area contributed by atoms with Crippen molar-refractivity contribution in [2.45, 2.75) is 19.8 Å². The van der Waals surface area contributed by atoms with E-state index < -0.39 is 0 Å². The van der Waals surface area contributed by atoms with Gasteiger partial charge in [-0.15, -0.1) is 0 Å². The van der Waals surface area contributed by atoms with Crippen molar-refractivity contribution >= 4 is 5.65 Å². The summed E-state index contributed by atoms with van der Waals surface area (Å²) in [6.07, 6.45) is 8.18. The molecule has 2 heterocycles. The highest BCUT2D eigenvalue weighted by Crippen LogP contribution is 2.06. The molecule has 0 aliphatic heterocycles. The maximum Gasteiger partial charge on any atom is 0.136 e. The second-order valence-corrected chi connectivity index (χ2v) is 2.98. The Kier molecular flexibility index (Phi) is 1.82. The molecule has 2 heteroatoms. The SMILES string of the molecule is CCCc1ccn2ccnc2c1. The summed E-state index contributed by atoms with van der Waals surface area (Å²) in [7, 11) is 0. The Hall–Kier alpha value is -1.31. The summed E-state index contributed by atoms with van der Waals surface area (Å²) < 4.78 is 2.03. The topological polar surface area (TPSA) is 17.3 Å². The molecule has 2 nitrogen and oxygen atoms in total. The zero-order valence-corrected chi connectivity index (χ0v) is 7.20. The summed E-state index contributed by atoms with van der Waals surface area (Å²) >= 11 is 0. The van der Waals surface area contributed by atoms with Crippen molar-refractivity contribution in [1.82, 2.24) is 9.38 Å². The lowest BCUT2D eigenvalue weighted by molar-refractivity contribution is 0.917. The zero-order valence-electron chi connectivity index (χ0n) is 7.20. The van der Waals surface area contributed by atoms with Gasteiger partial charge in [-0.1, -0.05) is 13.3 Å². The molecule has 2 aromatic rings. The first-order chi connectivity index (χ1) is 5.90. The predicted molar refractivity (Wildman–Crippen MR) is 49.2 cm³/mol. The van der Waals surface area contributed by atoms with E-state index in [2.05, 4.69) is 30.2 Å². The van der Waals surface area contributed by atoms with Gasteiger partial charge in [-0.3, -0.25) is 0 Å². The van der Waals surface area contributed by atoms with Crippen LogP contribution < -0.4 is 0 Å². The average Bonchev–Trinajstić information content (AvgIpc) is 2.51. The minimum atomic E-state index is 1.04. The van der Waals surface area contributed by atoms with Crippen LogP contribution in [-0.2, 0) is 6.42 Å². The fourth-order valence-corrected chi connectivity index (χ4v) is 1.40. The van der Waals surface area contributed by atoms with Gasteiger partial charge in [-0.25, -0.2) is 4.98 Å². The normalized spacial score (nSPS) is 10.8. The first-order valence-corrected chi connectivity index (χ1v) is 4.32. The van der Waals surface area contributed by atoms with E-state index in [1.54, 1.807) is 0 Å². The molecule has 2 rings (SSSR count). The van der Waals surface area contributed by atoms with Crippen LogP contribution in [0.1, 0.15) is 18.9 Å². The van der Waals surface area contributed by atoms with Gasteiger partial charge in [0.05, 0.1) is 0 Å². The predicted octanol–water partition coefficient (Wildman–Crippen LogP) is 2.29. The van der Waals surface area contributed by atoms with Crippen LogP contribution in [0.4, 0.5) is 0 Å². The molecule has 62 valence electrons. The van der Waals surface area contributed by atoms with Gasteiger partial charge in [0.25, 0.3) is 0 Å². The maximum atomic E-state index is 4.22. The second kappa shape index (κ2) is 2.97. The van der Waals surface area contributed by atoms with Crippen LogP contribution in [0.5, 0.6) is 0 Å². The third-order valence-corrected chi connectivity index (χ3v) is 2.00. The summed E-state index contributed by atoms with van der Waals surface area (Å²) in [5.74, 6) is 0. The minimum Gasteiger partial charge on any atom is -0.307 e. The fourth-order valence-electron chi connectivity index (χ4n) is 1.40. The Morgan fingerprint density at radius 1 is 1.42 bits per heavy atom. The van der Waals surface area contributed by atoms with Crippen LogP contribution in [0.2, 0.25) is 0 Å². The average molecular weight is 160 g/mol. The molecular formula is C10H12N2. The smallest absolute Gasteiger partial charge is 0.136 e. The number of imidazole rings is 1. The van der Waals surface area contributed by atoms with E-state index in [9.17, 15) is 0 Å². The Bertz CT molecular complexity index is 376. The third kappa shape index (κ3) is 1.20. The molecule has 0 aliphatic carbocycles. The fraction of sp³-hybridized carbons (Fsp3) is 0.300. The number of pyridine rings is 1. The van der Waals surface area contributed by atoms with Crippen LogP contribution in [0.15, 0.2) is 30.7 Å². The highest BCUT2D eigenvalue weighted by Gasteiger charge is 1.94. The van der Waals surface area contributed by atoms with Gasteiger partial charge in [0.1, 0.15) is 5.65 Å². The molecule has 12 heavy (non-hydrogen) atoms. The first kappa shape index (κ1) is 7.35. The molecule has 0 unspecified atom stereocenters. The highest BCUT2D eigenvalue weighted by atomic mass is 15.0. The van der Waals surface area contributed by atoms with E-state index >= 15 is 0 Å². The molecule has 0 bridgehead atoms. The molecule has 0 fully saturated rings. The molecule has 0 spiro atoms. The molecule has 0 saturated heterocycles. The van der Waals surface area contributed by atoms with Crippen molar-refractivity contribution in [2.75, 3.05) is 0 Å². The van der Waals surface area contributed by atoms with Crippen LogP contribution in [0.3, 0.4) is 0 Å². The van der Waals surface area contributed by atoms with Gasteiger partial charge in [-0.05, 0) is 24.1 Å². The molecular weight excluding hydrogens is 148 g/mol. The van der Waals surface area contributed by atoms with Crippen molar-refractivity contribution in [1.29, 1.82) is 0 Å². The van der Waals surface area contributed by atoms with Gasteiger partial charge in [0, 0.05) is 18.6 Å². The standard InChI is InChI=1S/C10H12N2/c1-2-3-9-4-6-12-7-5-11-10(12)8-9/h4-8H,2-3H2,1H3. The summed E-state index contributed by atoms with van der Waals surface area (Å²) in [6.45, 7) is 2.19. The Morgan fingerprint density at radius 2 is 2.33 bits per heavy atom. The highest BCUT2D eigenvalue weighted by molar-refractivity contribution is 5.41. The summed E-state index contributed by atoms with van der Waals surface area (Å²) in [4.78, 5) is 4.22. The van der Waals surface area contributed by atoms with E-state index in [-0.39, 0.29) is 0 Å². The Balaban J connectivity index is 2.46. The monoisotopic (exact) mass is 160 g/mol. The molecule has 0 amide bonds. The molecule has 0 N–H and O–H groups in total. The summed E-state index contributed by atoms with van der Waals surface area (Å²) in [5.41, 5.74) is 2.41. The van der Waals surface area contributed by atoms with Gasteiger partial charge < -0.3 is 4.40 Å². The lowest BCUT2D eigenvalue weighted by Gasteiger charge is -1.98. The summed E-state index contributed by atoms with van der Waals surface area (Å²) in [5, 5.41) is 0. The number of hydrogen-bond donors (Lipinski definition) is 0. The third-order valence-electron chi connectivity index (χ3n) is 2.00. The van der Waals surface area contributed by atoms with Crippen molar-refractivity contribution in [3.8, 4) is 0 Å². The molecule has 0 aromatic carbocycles. The lowest BCUT2D eigenvalue weighted by atomic mass is 10.1. The van der Waals surface area contributed by atoms with Gasteiger partial charge in [-0.2, -0.15) is 0 Å². The first-order valence-electron chi connectivity index (χ1n) is 4.32. The number of fused-ring (bicyclic) bond motifs is 1. The van der Waals surface area contributed by atoms with Crippen molar-refractivity contribution in [2.24, 2.45) is 0 Å². The summed E-state index contributed by atoms with van der Waals surface area (Å²) in [6, 6.07) is 4.29. The second-order valence-electron chi connectivity index (χ2n) is 2.98. The van der Waals surface area contributed by atoms with Gasteiger partial charge in [0.15, 0.2) is 0 Å². The van der Waals surface area contributed by atoms with Crippen molar-refractivity contribution in [3.63, 3.8) is 0 Å². The number of hydrogen-bond acceptors (Lipinski definition) is 1. The van der Waals surface area contributed by atoms with E-state index in [0.29, 0.717) is 0 Å². The van der Waals surface area contributed by atoms with Gasteiger partial charge >= 0.3 is 0 Å². The van der Waals surface area contributed by atoms with E-state index in [0.717, 1.165) is 12.1 Å². The molecule has 0 atom stereocenters. The van der Waals surface area contributed by atoms with Crippen molar-refractivity contribution < 1.29 is 0 Å². The minimum absolute atomic E-state index is 1.04. The number of rotatable bonds is 2. The van der Waals surface area contributed by atoms with Gasteiger partial charge in [0.2, 0.25) is 0 Å². The molecule has 0 radical (unpaired) electrons. The lowest BCUT2D eigenvalue weighted by Crippen LogP contribution is -1.87.